The lowest BCUT2D eigenvalue weighted by Gasteiger charge is -2.18. The van der Waals surface area contributed by atoms with Gasteiger partial charge in [-0.3, -0.25) is 9.78 Å². The fourth-order valence-corrected chi connectivity index (χ4v) is 3.34. The standard InChI is InChI=1S/C21H20N4O2/c1-14-19(23-18-8-4-5-12-25(14)18)21(26)24(2)13-15-9-10-17(27-3)20-16(15)7-6-11-22-20/h4-12H,13H2,1-3H3. The van der Waals surface area contributed by atoms with Crippen LogP contribution in [0.15, 0.2) is 54.9 Å². The van der Waals surface area contributed by atoms with Gasteiger partial charge in [-0.1, -0.05) is 18.2 Å². The third-order valence-corrected chi connectivity index (χ3v) is 4.77. The number of amides is 1. The number of ether oxygens (including phenoxy) is 1. The summed E-state index contributed by atoms with van der Waals surface area (Å²) in [7, 11) is 3.42. The van der Waals surface area contributed by atoms with E-state index in [1.807, 2.05) is 60.0 Å². The van der Waals surface area contributed by atoms with Gasteiger partial charge < -0.3 is 14.0 Å². The Morgan fingerprint density at radius 2 is 2.04 bits per heavy atom. The Balaban J connectivity index is 1.68. The zero-order valence-corrected chi connectivity index (χ0v) is 15.5. The van der Waals surface area contributed by atoms with E-state index >= 15 is 0 Å². The van der Waals surface area contributed by atoms with Gasteiger partial charge in [0.1, 0.15) is 22.6 Å². The van der Waals surface area contributed by atoms with Crippen molar-refractivity contribution in [3.8, 4) is 5.75 Å². The maximum atomic E-state index is 13.0. The minimum absolute atomic E-state index is 0.107. The van der Waals surface area contributed by atoms with Gasteiger partial charge in [-0.25, -0.2) is 4.98 Å². The highest BCUT2D eigenvalue weighted by Gasteiger charge is 2.20. The number of benzene rings is 1. The van der Waals surface area contributed by atoms with Crippen molar-refractivity contribution in [1.29, 1.82) is 0 Å². The molecule has 0 saturated heterocycles. The fraction of sp³-hybridized carbons (Fsp3) is 0.190. The molecule has 27 heavy (non-hydrogen) atoms. The Kier molecular flexibility index (Phi) is 4.24. The molecule has 1 amide bonds. The van der Waals surface area contributed by atoms with E-state index in [2.05, 4.69) is 9.97 Å². The number of rotatable bonds is 4. The first kappa shape index (κ1) is 17.0. The summed E-state index contributed by atoms with van der Waals surface area (Å²) in [6.07, 6.45) is 3.65. The molecule has 4 aromatic rings. The number of aryl methyl sites for hydroxylation is 1. The summed E-state index contributed by atoms with van der Waals surface area (Å²) in [5.41, 5.74) is 3.88. The molecule has 1 aromatic carbocycles. The Hall–Kier alpha value is -3.41. The molecular formula is C21H20N4O2. The van der Waals surface area contributed by atoms with Gasteiger partial charge in [0.25, 0.3) is 5.91 Å². The second kappa shape index (κ2) is 6.72. The predicted molar refractivity (Wildman–Crippen MR) is 104 cm³/mol. The molecule has 6 heteroatoms. The zero-order valence-electron chi connectivity index (χ0n) is 15.5. The van der Waals surface area contributed by atoms with Crippen molar-refractivity contribution < 1.29 is 9.53 Å². The van der Waals surface area contributed by atoms with E-state index in [4.69, 9.17) is 4.74 Å². The van der Waals surface area contributed by atoms with Crippen molar-refractivity contribution in [2.24, 2.45) is 0 Å². The van der Waals surface area contributed by atoms with Gasteiger partial charge in [0.05, 0.1) is 12.8 Å². The second-order valence-corrected chi connectivity index (χ2v) is 6.46. The topological polar surface area (TPSA) is 59.7 Å². The smallest absolute Gasteiger partial charge is 0.274 e. The molecule has 0 N–H and O–H groups in total. The van der Waals surface area contributed by atoms with Gasteiger partial charge in [0.2, 0.25) is 0 Å². The summed E-state index contributed by atoms with van der Waals surface area (Å²) in [4.78, 5) is 23.6. The molecular weight excluding hydrogens is 340 g/mol. The Morgan fingerprint density at radius 1 is 1.19 bits per heavy atom. The number of methoxy groups -OCH3 is 1. The molecule has 0 aliphatic carbocycles. The van der Waals surface area contributed by atoms with E-state index in [-0.39, 0.29) is 5.91 Å². The highest BCUT2D eigenvalue weighted by molar-refractivity contribution is 5.94. The van der Waals surface area contributed by atoms with Crippen LogP contribution in [-0.4, -0.2) is 39.3 Å². The molecule has 136 valence electrons. The molecule has 0 bridgehead atoms. The summed E-state index contributed by atoms with van der Waals surface area (Å²) >= 11 is 0. The fourth-order valence-electron chi connectivity index (χ4n) is 3.34. The molecule has 3 heterocycles. The Bertz CT molecular complexity index is 1150. The molecule has 0 aliphatic rings. The predicted octanol–water partition coefficient (Wildman–Crippen LogP) is 3.47. The monoisotopic (exact) mass is 360 g/mol. The number of nitrogens with zero attached hydrogens (tertiary/aromatic N) is 4. The lowest BCUT2D eigenvalue weighted by molar-refractivity contribution is 0.0779. The van der Waals surface area contributed by atoms with E-state index in [9.17, 15) is 4.79 Å². The molecule has 0 atom stereocenters. The molecule has 0 unspecified atom stereocenters. The third kappa shape index (κ3) is 2.89. The molecule has 4 rings (SSSR count). The number of hydrogen-bond donors (Lipinski definition) is 0. The van der Waals surface area contributed by atoms with Crippen LogP contribution in [0.4, 0.5) is 0 Å². The Labute approximate surface area is 157 Å². The van der Waals surface area contributed by atoms with Gasteiger partial charge in [0.15, 0.2) is 0 Å². The summed E-state index contributed by atoms with van der Waals surface area (Å²) in [5, 5.41) is 0.975. The normalized spacial score (nSPS) is 11.1. The first-order chi connectivity index (χ1) is 13.1. The van der Waals surface area contributed by atoms with Crippen LogP contribution < -0.4 is 4.74 Å². The molecule has 6 nitrogen and oxygen atoms in total. The van der Waals surface area contributed by atoms with Crippen LogP contribution >= 0.6 is 0 Å². The number of imidazole rings is 1. The van der Waals surface area contributed by atoms with Gasteiger partial charge in [-0.2, -0.15) is 0 Å². The molecule has 0 radical (unpaired) electrons. The third-order valence-electron chi connectivity index (χ3n) is 4.77. The summed E-state index contributed by atoms with van der Waals surface area (Å²) in [6, 6.07) is 13.5. The van der Waals surface area contributed by atoms with Crippen molar-refractivity contribution in [2.45, 2.75) is 13.5 Å². The van der Waals surface area contributed by atoms with Crippen LogP contribution in [0.5, 0.6) is 5.75 Å². The van der Waals surface area contributed by atoms with Crippen molar-refractivity contribution in [3.05, 3.63) is 71.8 Å². The minimum atomic E-state index is -0.107. The number of fused-ring (bicyclic) bond motifs is 2. The molecule has 0 saturated carbocycles. The van der Waals surface area contributed by atoms with E-state index in [0.717, 1.165) is 33.6 Å². The Morgan fingerprint density at radius 3 is 2.81 bits per heavy atom. The number of carbonyl (C=O) groups excluding carboxylic acids is 1. The maximum Gasteiger partial charge on any atom is 0.274 e. The highest BCUT2D eigenvalue weighted by Crippen LogP contribution is 2.27. The van der Waals surface area contributed by atoms with Gasteiger partial charge in [-0.15, -0.1) is 0 Å². The largest absolute Gasteiger partial charge is 0.494 e. The van der Waals surface area contributed by atoms with Gasteiger partial charge >= 0.3 is 0 Å². The average Bonchev–Trinajstić information content (AvgIpc) is 3.04. The van der Waals surface area contributed by atoms with E-state index in [1.54, 1.807) is 25.3 Å². The molecule has 0 aliphatic heterocycles. The van der Waals surface area contributed by atoms with E-state index in [0.29, 0.717) is 12.2 Å². The maximum absolute atomic E-state index is 13.0. The minimum Gasteiger partial charge on any atom is -0.494 e. The van der Waals surface area contributed by atoms with E-state index < -0.39 is 0 Å². The van der Waals surface area contributed by atoms with Crippen LogP contribution in [0.25, 0.3) is 16.6 Å². The summed E-state index contributed by atoms with van der Waals surface area (Å²) < 4.78 is 7.32. The quantitative estimate of drug-likeness (QED) is 0.559. The lowest BCUT2D eigenvalue weighted by atomic mass is 10.1. The summed E-state index contributed by atoms with van der Waals surface area (Å²) in [5.74, 6) is 0.614. The van der Waals surface area contributed by atoms with Crippen LogP contribution in [0.3, 0.4) is 0 Å². The summed E-state index contributed by atoms with van der Waals surface area (Å²) in [6.45, 7) is 2.37. The molecule has 0 spiro atoms. The first-order valence-corrected chi connectivity index (χ1v) is 8.70. The highest BCUT2D eigenvalue weighted by atomic mass is 16.5. The zero-order chi connectivity index (χ0) is 19.0. The van der Waals surface area contributed by atoms with Crippen molar-refractivity contribution in [2.75, 3.05) is 14.2 Å². The molecule has 3 aromatic heterocycles. The van der Waals surface area contributed by atoms with Gasteiger partial charge in [0, 0.05) is 31.4 Å². The van der Waals surface area contributed by atoms with Crippen LogP contribution in [-0.2, 0) is 6.54 Å². The van der Waals surface area contributed by atoms with E-state index in [1.165, 1.54) is 0 Å². The van der Waals surface area contributed by atoms with Gasteiger partial charge in [-0.05, 0) is 36.8 Å². The van der Waals surface area contributed by atoms with Crippen LogP contribution in [0.2, 0.25) is 0 Å². The lowest BCUT2D eigenvalue weighted by Crippen LogP contribution is -2.27. The first-order valence-electron chi connectivity index (χ1n) is 8.70. The second-order valence-electron chi connectivity index (χ2n) is 6.46. The van der Waals surface area contributed by atoms with Crippen molar-refractivity contribution >= 4 is 22.5 Å². The van der Waals surface area contributed by atoms with Crippen LogP contribution in [0, 0.1) is 6.92 Å². The average molecular weight is 360 g/mol. The SMILES string of the molecule is COc1ccc(CN(C)C(=O)c2nc3ccccn3c2C)c2cccnc12. The number of carbonyl (C=O) groups is 1. The van der Waals surface area contributed by atoms with Crippen molar-refractivity contribution in [1.82, 2.24) is 19.3 Å². The number of pyridine rings is 2. The molecule has 0 fully saturated rings. The number of aromatic nitrogens is 3. The number of hydrogen-bond acceptors (Lipinski definition) is 4. The van der Waals surface area contributed by atoms with Crippen molar-refractivity contribution in [3.63, 3.8) is 0 Å². The van der Waals surface area contributed by atoms with Crippen LogP contribution in [0.1, 0.15) is 21.7 Å².